The van der Waals surface area contributed by atoms with Crippen LogP contribution in [0.4, 0.5) is 25.0 Å². The van der Waals surface area contributed by atoms with Crippen molar-refractivity contribution in [1.82, 2.24) is 5.32 Å². The predicted molar refractivity (Wildman–Crippen MR) is 103 cm³/mol. The van der Waals surface area contributed by atoms with Gasteiger partial charge in [-0.25, -0.2) is 18.4 Å². The maximum Gasteiger partial charge on any atom is 0.329 e. The van der Waals surface area contributed by atoms with Gasteiger partial charge in [-0.1, -0.05) is 32.0 Å². The summed E-state index contributed by atoms with van der Waals surface area (Å²) in [4.78, 5) is 36.2. The average Bonchev–Trinajstić information content (AvgIpc) is 2.67. The number of amides is 3. The fourth-order valence-corrected chi connectivity index (χ4v) is 2.33. The first-order valence-electron chi connectivity index (χ1n) is 8.80. The number of esters is 1. The summed E-state index contributed by atoms with van der Waals surface area (Å²) in [5.74, 6) is -3.68. The van der Waals surface area contributed by atoms with Gasteiger partial charge < -0.3 is 20.7 Å². The topological polar surface area (TPSA) is 96.5 Å². The standard InChI is InChI=1S/C20H21F2N3O4/c1-12(2)18(25-20(28)23-14-6-4-3-5-7-14)19(27)29-11-17(26)24-16-9-8-13(21)10-15(16)22/h3-10,12,18H,11H2,1-2H3,(H,24,26)(H2,23,25,28)/t18-/m0/s1. The lowest BCUT2D eigenvalue weighted by atomic mass is 10.1. The third-order valence-corrected chi connectivity index (χ3v) is 3.79. The van der Waals surface area contributed by atoms with Crippen molar-refractivity contribution < 1.29 is 27.9 Å². The number of anilines is 2. The molecule has 2 rings (SSSR count). The Morgan fingerprint density at radius 1 is 1.00 bits per heavy atom. The number of carbonyl (C=O) groups is 3. The van der Waals surface area contributed by atoms with Crippen LogP contribution in [0, 0.1) is 17.6 Å². The highest BCUT2D eigenvalue weighted by atomic mass is 19.1. The molecule has 2 aromatic carbocycles. The number of halogens is 2. The molecule has 0 aromatic heterocycles. The number of hydrogen-bond acceptors (Lipinski definition) is 4. The average molecular weight is 405 g/mol. The van der Waals surface area contributed by atoms with Crippen LogP contribution in [-0.2, 0) is 14.3 Å². The van der Waals surface area contributed by atoms with Gasteiger partial charge in [0.25, 0.3) is 5.91 Å². The molecule has 0 saturated heterocycles. The van der Waals surface area contributed by atoms with E-state index in [1.165, 1.54) is 0 Å². The Morgan fingerprint density at radius 2 is 1.69 bits per heavy atom. The molecule has 0 saturated carbocycles. The fraction of sp³-hybridized carbons (Fsp3) is 0.250. The van der Waals surface area contributed by atoms with E-state index in [1.54, 1.807) is 44.2 Å². The predicted octanol–water partition coefficient (Wildman–Crippen LogP) is 3.29. The quantitative estimate of drug-likeness (QED) is 0.616. The summed E-state index contributed by atoms with van der Waals surface area (Å²) in [7, 11) is 0. The number of ether oxygens (including phenoxy) is 1. The second-order valence-corrected chi connectivity index (χ2v) is 6.47. The molecule has 3 amide bonds. The molecular formula is C20H21F2N3O4. The monoisotopic (exact) mass is 405 g/mol. The zero-order valence-corrected chi connectivity index (χ0v) is 15.9. The molecule has 0 bridgehead atoms. The van der Waals surface area contributed by atoms with E-state index in [4.69, 9.17) is 4.74 Å². The Kier molecular flexibility index (Phi) is 7.64. The van der Waals surface area contributed by atoms with E-state index in [0.717, 1.165) is 12.1 Å². The van der Waals surface area contributed by atoms with Crippen LogP contribution in [0.1, 0.15) is 13.8 Å². The van der Waals surface area contributed by atoms with Crippen molar-refractivity contribution in [1.29, 1.82) is 0 Å². The molecule has 0 heterocycles. The molecule has 0 aliphatic carbocycles. The van der Waals surface area contributed by atoms with E-state index in [1.807, 2.05) is 0 Å². The highest BCUT2D eigenvalue weighted by molar-refractivity contribution is 5.95. The Balaban J connectivity index is 1.88. The summed E-state index contributed by atoms with van der Waals surface area (Å²) in [6.07, 6.45) is 0. The minimum absolute atomic E-state index is 0.242. The molecule has 0 radical (unpaired) electrons. The largest absolute Gasteiger partial charge is 0.454 e. The second-order valence-electron chi connectivity index (χ2n) is 6.47. The van der Waals surface area contributed by atoms with Crippen LogP contribution in [0.3, 0.4) is 0 Å². The molecule has 0 aliphatic rings. The molecule has 9 heteroatoms. The van der Waals surface area contributed by atoms with E-state index < -0.39 is 42.2 Å². The zero-order valence-electron chi connectivity index (χ0n) is 15.9. The molecule has 1 atom stereocenters. The third-order valence-electron chi connectivity index (χ3n) is 3.79. The van der Waals surface area contributed by atoms with Crippen molar-refractivity contribution in [3.63, 3.8) is 0 Å². The Morgan fingerprint density at radius 3 is 2.31 bits per heavy atom. The summed E-state index contributed by atoms with van der Waals surface area (Å²) in [5.41, 5.74) is 0.301. The third kappa shape index (κ3) is 6.87. The van der Waals surface area contributed by atoms with Gasteiger partial charge in [-0.15, -0.1) is 0 Å². The van der Waals surface area contributed by atoms with Crippen LogP contribution in [0.15, 0.2) is 48.5 Å². The number of rotatable bonds is 7. The highest BCUT2D eigenvalue weighted by Gasteiger charge is 2.26. The number of nitrogens with one attached hydrogen (secondary N) is 3. The second kappa shape index (κ2) is 10.2. The maximum absolute atomic E-state index is 13.5. The normalized spacial score (nSPS) is 11.5. The smallest absolute Gasteiger partial charge is 0.329 e. The van der Waals surface area contributed by atoms with Gasteiger partial charge >= 0.3 is 12.0 Å². The summed E-state index contributed by atoms with van der Waals surface area (Å²) in [6, 6.07) is 9.68. The van der Waals surface area contributed by atoms with Gasteiger partial charge in [0, 0.05) is 11.8 Å². The van der Waals surface area contributed by atoms with Crippen molar-refractivity contribution >= 4 is 29.3 Å². The number of urea groups is 1. The first-order chi connectivity index (χ1) is 13.8. The first kappa shape index (κ1) is 21.8. The molecule has 0 spiro atoms. The Hall–Kier alpha value is -3.49. The molecule has 2 aromatic rings. The fourth-order valence-electron chi connectivity index (χ4n) is 2.33. The highest BCUT2D eigenvalue weighted by Crippen LogP contribution is 2.15. The van der Waals surface area contributed by atoms with Gasteiger partial charge in [0.15, 0.2) is 6.61 Å². The SMILES string of the molecule is CC(C)[C@H](NC(=O)Nc1ccccc1)C(=O)OCC(=O)Nc1ccc(F)cc1F. The van der Waals surface area contributed by atoms with Crippen molar-refractivity contribution in [2.75, 3.05) is 17.2 Å². The molecule has 29 heavy (non-hydrogen) atoms. The number of carbonyl (C=O) groups excluding carboxylic acids is 3. The lowest BCUT2D eigenvalue weighted by Crippen LogP contribution is -2.47. The van der Waals surface area contributed by atoms with Gasteiger partial charge in [0.2, 0.25) is 0 Å². The van der Waals surface area contributed by atoms with E-state index >= 15 is 0 Å². The van der Waals surface area contributed by atoms with E-state index in [-0.39, 0.29) is 11.6 Å². The van der Waals surface area contributed by atoms with Gasteiger partial charge in [0.05, 0.1) is 5.69 Å². The van der Waals surface area contributed by atoms with Crippen molar-refractivity contribution in [3.05, 3.63) is 60.2 Å². The molecular weight excluding hydrogens is 384 g/mol. The maximum atomic E-state index is 13.5. The van der Waals surface area contributed by atoms with E-state index in [0.29, 0.717) is 11.8 Å². The number of benzene rings is 2. The van der Waals surface area contributed by atoms with Gasteiger partial charge in [-0.2, -0.15) is 0 Å². The summed E-state index contributed by atoms with van der Waals surface area (Å²) < 4.78 is 31.4. The molecule has 0 aliphatic heterocycles. The van der Waals surface area contributed by atoms with Crippen molar-refractivity contribution in [2.24, 2.45) is 5.92 Å². The lowest BCUT2D eigenvalue weighted by molar-refractivity contribution is -0.150. The van der Waals surface area contributed by atoms with Crippen LogP contribution in [0.25, 0.3) is 0 Å². The molecule has 0 unspecified atom stereocenters. The molecule has 3 N–H and O–H groups in total. The minimum Gasteiger partial charge on any atom is -0.454 e. The van der Waals surface area contributed by atoms with Crippen LogP contribution < -0.4 is 16.0 Å². The minimum atomic E-state index is -1.01. The van der Waals surface area contributed by atoms with Crippen LogP contribution in [0.2, 0.25) is 0 Å². The summed E-state index contributed by atoms with van der Waals surface area (Å²) >= 11 is 0. The van der Waals surface area contributed by atoms with Gasteiger partial charge in [-0.05, 0) is 30.2 Å². The zero-order chi connectivity index (χ0) is 21.4. The van der Waals surface area contributed by atoms with Crippen LogP contribution >= 0.6 is 0 Å². The lowest BCUT2D eigenvalue weighted by Gasteiger charge is -2.21. The number of para-hydroxylation sites is 1. The number of hydrogen-bond donors (Lipinski definition) is 3. The summed E-state index contributed by atoms with van der Waals surface area (Å²) in [5, 5.41) is 7.25. The molecule has 0 fully saturated rings. The molecule has 154 valence electrons. The van der Waals surface area contributed by atoms with Crippen LogP contribution in [0.5, 0.6) is 0 Å². The van der Waals surface area contributed by atoms with E-state index in [2.05, 4.69) is 16.0 Å². The van der Waals surface area contributed by atoms with Crippen molar-refractivity contribution in [2.45, 2.75) is 19.9 Å². The first-order valence-corrected chi connectivity index (χ1v) is 8.80. The van der Waals surface area contributed by atoms with Crippen LogP contribution in [-0.4, -0.2) is 30.6 Å². The van der Waals surface area contributed by atoms with Crippen molar-refractivity contribution in [3.8, 4) is 0 Å². The molecule has 7 nitrogen and oxygen atoms in total. The van der Waals surface area contributed by atoms with E-state index in [9.17, 15) is 23.2 Å². The van der Waals surface area contributed by atoms with Gasteiger partial charge in [-0.3, -0.25) is 4.79 Å². The summed E-state index contributed by atoms with van der Waals surface area (Å²) in [6.45, 7) is 2.70. The Bertz CT molecular complexity index is 875. The Labute approximate surface area is 166 Å². The van der Waals surface area contributed by atoms with Gasteiger partial charge in [0.1, 0.15) is 17.7 Å².